The van der Waals surface area contributed by atoms with Crippen molar-refractivity contribution in [3.05, 3.63) is 128 Å². The van der Waals surface area contributed by atoms with Crippen molar-refractivity contribution in [1.29, 1.82) is 0 Å². The Hall–Kier alpha value is -6.24. The second-order valence-electron chi connectivity index (χ2n) is 19.2. The third-order valence-electron chi connectivity index (χ3n) is 11.3. The van der Waals surface area contributed by atoms with Crippen LogP contribution in [0, 0.1) is 33.8 Å². The molecule has 0 saturated carbocycles. The van der Waals surface area contributed by atoms with Crippen molar-refractivity contribution >= 4 is 34.3 Å². The van der Waals surface area contributed by atoms with Crippen LogP contribution >= 0.6 is 22.7 Å². The number of benzene rings is 2. The molecule has 2 aromatic carbocycles. The molecule has 8 rings (SSSR count). The first kappa shape index (κ1) is 53.6. The molecule has 6 aromatic rings. The highest BCUT2D eigenvalue weighted by atomic mass is 32.1. The monoisotopic (exact) mass is 1010 g/mol. The summed E-state index contributed by atoms with van der Waals surface area (Å²) in [7, 11) is 0. The number of nitrogens with zero attached hydrogens (tertiary/aromatic N) is 5. The highest BCUT2D eigenvalue weighted by molar-refractivity contribution is 7.15. The molecule has 0 spiro atoms. The summed E-state index contributed by atoms with van der Waals surface area (Å²) in [5.74, 6) is 14.2. The van der Waals surface area contributed by atoms with E-state index in [0.29, 0.717) is 30.0 Å². The van der Waals surface area contributed by atoms with E-state index in [1.54, 1.807) is 41.1 Å². The zero-order valence-electron chi connectivity index (χ0n) is 42.4. The molecule has 2 saturated heterocycles. The van der Waals surface area contributed by atoms with E-state index in [9.17, 15) is 10.1 Å². The molecule has 378 valence electrons. The van der Waals surface area contributed by atoms with Gasteiger partial charge in [0.05, 0.1) is 19.8 Å². The van der Waals surface area contributed by atoms with Crippen LogP contribution in [0.1, 0.15) is 138 Å². The van der Waals surface area contributed by atoms with Gasteiger partial charge in [-0.05, 0) is 118 Å². The van der Waals surface area contributed by atoms with Crippen LogP contribution in [-0.2, 0) is 32.2 Å². The van der Waals surface area contributed by atoms with Gasteiger partial charge >= 0.3 is 5.82 Å². The second kappa shape index (κ2) is 24.9. The van der Waals surface area contributed by atoms with Crippen molar-refractivity contribution in [2.24, 2.45) is 0 Å². The first-order valence-electron chi connectivity index (χ1n) is 24.4. The predicted molar refractivity (Wildman–Crippen MR) is 283 cm³/mol. The molecule has 16 heteroatoms. The summed E-state index contributed by atoms with van der Waals surface area (Å²) in [6.45, 7) is 18.2. The minimum absolute atomic E-state index is 0.112. The molecule has 0 radical (unpaired) electrons. The van der Waals surface area contributed by atoms with E-state index in [4.69, 9.17) is 34.2 Å². The molecule has 0 amide bonds. The van der Waals surface area contributed by atoms with Gasteiger partial charge < -0.3 is 44.3 Å². The van der Waals surface area contributed by atoms with Crippen molar-refractivity contribution in [3.63, 3.8) is 0 Å². The van der Waals surface area contributed by atoms with Gasteiger partial charge in [-0.3, -0.25) is 0 Å². The van der Waals surface area contributed by atoms with Crippen molar-refractivity contribution in [2.45, 2.75) is 143 Å². The van der Waals surface area contributed by atoms with Crippen LogP contribution in [-0.4, -0.2) is 61.9 Å². The SMILES string of the molecule is CC(C)c1ncc(-c2cnc(N)c(OCc3cccc(C#CC(C)(C)OC4CCCCO4)c3)c2)s1.CC(C)c1ncc(-c2cnc([N+](=O)[O-])c(OCc3cccc(C#CC(C)(C)OC4CCCCO4)c3)c2)s1. The van der Waals surface area contributed by atoms with Crippen LogP contribution in [0.25, 0.3) is 20.9 Å². The molecule has 72 heavy (non-hydrogen) atoms. The van der Waals surface area contributed by atoms with Gasteiger partial charge in [0.25, 0.3) is 0 Å². The summed E-state index contributed by atoms with van der Waals surface area (Å²) in [6.07, 6.45) is 12.7. The van der Waals surface area contributed by atoms with Crippen LogP contribution in [0.5, 0.6) is 11.5 Å². The number of pyridine rings is 2. The molecule has 2 N–H and O–H groups in total. The summed E-state index contributed by atoms with van der Waals surface area (Å²) in [4.78, 5) is 30.3. The Labute approximate surface area is 431 Å². The fourth-order valence-electron chi connectivity index (χ4n) is 7.47. The summed E-state index contributed by atoms with van der Waals surface area (Å²) in [5, 5.41) is 13.7. The van der Waals surface area contributed by atoms with Crippen LogP contribution in [0.2, 0.25) is 0 Å². The smallest absolute Gasteiger partial charge is 0.406 e. The average Bonchev–Trinajstić information content (AvgIpc) is 4.08. The summed E-state index contributed by atoms with van der Waals surface area (Å²) < 4.78 is 35.4. The number of nitro groups is 1. The van der Waals surface area contributed by atoms with Crippen molar-refractivity contribution in [3.8, 4) is 56.1 Å². The van der Waals surface area contributed by atoms with Gasteiger partial charge in [-0.2, -0.15) is 0 Å². The lowest BCUT2D eigenvalue weighted by Gasteiger charge is -2.29. The molecular formula is C56H64N6O8S2. The highest BCUT2D eigenvalue weighted by Crippen LogP contribution is 2.36. The zero-order chi connectivity index (χ0) is 51.3. The molecule has 14 nitrogen and oxygen atoms in total. The van der Waals surface area contributed by atoms with Crippen LogP contribution in [0.4, 0.5) is 11.6 Å². The third-order valence-corrected chi connectivity index (χ3v) is 14.0. The van der Waals surface area contributed by atoms with Gasteiger partial charge in [0.1, 0.15) is 30.6 Å². The number of nitrogen functional groups attached to an aromatic ring is 1. The highest BCUT2D eigenvalue weighted by Gasteiger charge is 2.26. The lowest BCUT2D eigenvalue weighted by Crippen LogP contribution is -2.33. The molecule has 2 aliphatic rings. The fourth-order valence-corrected chi connectivity index (χ4v) is 9.27. The molecule has 6 heterocycles. The Kier molecular flexibility index (Phi) is 18.5. The number of aromatic nitrogens is 4. The predicted octanol–water partition coefficient (Wildman–Crippen LogP) is 12.7. The normalized spacial score (nSPS) is 15.9. The molecular weight excluding hydrogens is 949 g/mol. The van der Waals surface area contributed by atoms with E-state index < -0.39 is 16.1 Å². The molecule has 2 unspecified atom stereocenters. The van der Waals surface area contributed by atoms with E-state index in [2.05, 4.69) is 71.3 Å². The zero-order valence-corrected chi connectivity index (χ0v) is 44.0. The minimum atomic E-state index is -0.659. The maximum Gasteiger partial charge on any atom is 0.406 e. The van der Waals surface area contributed by atoms with Crippen LogP contribution < -0.4 is 15.2 Å². The lowest BCUT2D eigenvalue weighted by molar-refractivity contribution is -0.390. The maximum atomic E-state index is 11.6. The molecule has 2 atom stereocenters. The Balaban J connectivity index is 0.000000212. The Morgan fingerprint density at radius 2 is 1.15 bits per heavy atom. The van der Waals surface area contributed by atoms with E-state index >= 15 is 0 Å². The molecule has 0 bridgehead atoms. The summed E-state index contributed by atoms with van der Waals surface area (Å²) in [5.41, 5.74) is 10.0. The van der Waals surface area contributed by atoms with Crippen LogP contribution in [0.15, 0.2) is 85.5 Å². The van der Waals surface area contributed by atoms with Gasteiger partial charge in [-0.15, -0.1) is 22.7 Å². The number of nitrogens with two attached hydrogens (primary N) is 1. The van der Waals surface area contributed by atoms with Gasteiger partial charge in [-0.1, -0.05) is 75.6 Å². The number of hydrogen-bond donors (Lipinski definition) is 1. The number of hydrogen-bond acceptors (Lipinski definition) is 15. The largest absolute Gasteiger partial charge is 0.485 e. The Morgan fingerprint density at radius 1 is 0.681 bits per heavy atom. The summed E-state index contributed by atoms with van der Waals surface area (Å²) in [6, 6.07) is 19.2. The topological polar surface area (TPSA) is 176 Å². The minimum Gasteiger partial charge on any atom is -0.485 e. The van der Waals surface area contributed by atoms with E-state index in [0.717, 1.165) is 105 Å². The van der Waals surface area contributed by atoms with Crippen molar-refractivity contribution < 1.29 is 33.3 Å². The maximum absolute atomic E-state index is 11.6. The number of thiazole rings is 2. The first-order valence-corrected chi connectivity index (χ1v) is 26.0. The van der Waals surface area contributed by atoms with Crippen molar-refractivity contribution in [2.75, 3.05) is 18.9 Å². The lowest BCUT2D eigenvalue weighted by atomic mass is 10.1. The van der Waals surface area contributed by atoms with Crippen LogP contribution in [0.3, 0.4) is 0 Å². The van der Waals surface area contributed by atoms with E-state index in [1.807, 2.05) is 88.5 Å². The fraction of sp³-hybridized carbons (Fsp3) is 0.429. The number of rotatable bonds is 15. The molecule has 0 aliphatic carbocycles. The van der Waals surface area contributed by atoms with Gasteiger partial charge in [0.15, 0.2) is 24.1 Å². The van der Waals surface area contributed by atoms with Gasteiger partial charge in [0.2, 0.25) is 5.75 Å². The Bertz CT molecular complexity index is 2900. The first-order chi connectivity index (χ1) is 34.5. The standard InChI is InChI=1S/C28H31N3O5S.C28H33N3O3S/c1-19(2)27-30-17-24(37-27)22-15-23(26(29-16-22)31(32)33)35-18-21-9-7-8-20(14-21)11-12-28(3,4)36-25-10-5-6-13-34-25;1-19(2)27-31-17-24(35-27)22-15-23(26(29)30-16-22)33-18-21-9-7-8-20(14-21)11-12-28(3,4)34-25-10-5-6-13-32-25/h7-9,14-17,19,25H,5-6,10,13,18H2,1-4H3;7-9,14-17,19,25H,5-6,10,13,18H2,1-4H3,(H2,29,30). The third kappa shape index (κ3) is 15.9. The number of ether oxygens (including phenoxy) is 6. The van der Waals surface area contributed by atoms with Gasteiger partial charge in [-0.25, -0.2) is 15.0 Å². The molecule has 2 aliphatic heterocycles. The average molecular weight is 1010 g/mol. The van der Waals surface area contributed by atoms with Gasteiger partial charge in [0, 0.05) is 72.0 Å². The van der Waals surface area contributed by atoms with Crippen molar-refractivity contribution in [1.82, 2.24) is 19.9 Å². The summed E-state index contributed by atoms with van der Waals surface area (Å²) >= 11 is 3.20. The number of anilines is 1. The molecule has 2 fully saturated rings. The van der Waals surface area contributed by atoms with E-state index in [-0.39, 0.29) is 30.8 Å². The van der Waals surface area contributed by atoms with E-state index in [1.165, 1.54) is 6.20 Å². The second-order valence-corrected chi connectivity index (χ2v) is 21.3. The quantitative estimate of drug-likeness (QED) is 0.0585. The Morgan fingerprint density at radius 3 is 1.60 bits per heavy atom. The molecule has 4 aromatic heterocycles.